The van der Waals surface area contributed by atoms with Gasteiger partial charge in [0.25, 0.3) is 0 Å². The molecule has 0 fully saturated rings. The first-order chi connectivity index (χ1) is 13.5. The summed E-state index contributed by atoms with van der Waals surface area (Å²) in [6.07, 6.45) is -0.265. The van der Waals surface area contributed by atoms with Crippen molar-refractivity contribution in [2.75, 3.05) is 33.4 Å². The van der Waals surface area contributed by atoms with E-state index in [9.17, 15) is 9.90 Å². The molecule has 0 aliphatic carbocycles. The number of aliphatic carboxylic acids is 1. The van der Waals surface area contributed by atoms with Gasteiger partial charge in [-0.15, -0.1) is 0 Å². The summed E-state index contributed by atoms with van der Waals surface area (Å²) in [5.41, 5.74) is 4.38. The topological polar surface area (TPSA) is 89.5 Å². The van der Waals surface area contributed by atoms with Crippen LogP contribution in [0.15, 0.2) is 36.4 Å². The molecule has 28 heavy (non-hydrogen) atoms. The van der Waals surface area contributed by atoms with E-state index >= 15 is 0 Å². The van der Waals surface area contributed by atoms with Gasteiger partial charge in [0.15, 0.2) is 17.2 Å². The van der Waals surface area contributed by atoms with E-state index in [1.54, 1.807) is 27.4 Å². The van der Waals surface area contributed by atoms with E-state index in [0.29, 0.717) is 29.4 Å². The highest BCUT2D eigenvalue weighted by Crippen LogP contribution is 2.46. The lowest BCUT2D eigenvalue weighted by Gasteiger charge is -2.29. The first kappa shape index (κ1) is 19.8. The van der Waals surface area contributed by atoms with Crippen molar-refractivity contribution >= 4 is 11.7 Å². The number of hydrazine groups is 1. The summed E-state index contributed by atoms with van der Waals surface area (Å²) in [7, 11) is 6.19. The summed E-state index contributed by atoms with van der Waals surface area (Å²) < 4.78 is 21.8. The second-order valence-corrected chi connectivity index (χ2v) is 6.34. The van der Waals surface area contributed by atoms with Crippen molar-refractivity contribution in [3.63, 3.8) is 0 Å². The molecule has 150 valence electrons. The number of nitrogens with zero attached hydrogens (tertiary/aromatic N) is 1. The van der Waals surface area contributed by atoms with Crippen LogP contribution in [0.1, 0.15) is 17.5 Å². The molecule has 1 aliphatic heterocycles. The number of benzene rings is 2. The van der Waals surface area contributed by atoms with Crippen molar-refractivity contribution in [1.29, 1.82) is 0 Å². The average molecular weight is 388 g/mol. The smallest absolute Gasteiger partial charge is 0.308 e. The van der Waals surface area contributed by atoms with Gasteiger partial charge in [0.1, 0.15) is 5.75 Å². The lowest BCUT2D eigenvalue weighted by Crippen LogP contribution is -2.48. The van der Waals surface area contributed by atoms with Crippen molar-refractivity contribution in [1.82, 2.24) is 5.43 Å². The van der Waals surface area contributed by atoms with E-state index < -0.39 is 11.7 Å². The van der Waals surface area contributed by atoms with Crippen LogP contribution in [0.2, 0.25) is 0 Å². The number of methoxy groups -OCH3 is 4. The van der Waals surface area contributed by atoms with Crippen LogP contribution >= 0.6 is 0 Å². The highest BCUT2D eigenvalue weighted by molar-refractivity contribution is 5.73. The number of hydrogen-bond acceptors (Lipinski definition) is 7. The van der Waals surface area contributed by atoms with Gasteiger partial charge in [0, 0.05) is 7.11 Å². The Balaban J connectivity index is 2.01. The zero-order valence-electron chi connectivity index (χ0n) is 16.3. The Labute approximate surface area is 163 Å². The fourth-order valence-corrected chi connectivity index (χ4v) is 3.50. The van der Waals surface area contributed by atoms with Crippen LogP contribution < -0.4 is 24.6 Å². The Bertz CT molecular complexity index is 872. The fraction of sp³-hybridized carbons (Fsp3) is 0.350. The summed E-state index contributed by atoms with van der Waals surface area (Å²) in [5.74, 6) is 0.829. The number of anilines is 1. The van der Waals surface area contributed by atoms with Crippen LogP contribution in [0.5, 0.6) is 17.2 Å². The molecule has 0 amide bonds. The van der Waals surface area contributed by atoms with E-state index in [2.05, 4.69) is 5.43 Å². The number of hydrogen-bond donors (Lipinski definition) is 2. The molecular weight excluding hydrogens is 364 g/mol. The Morgan fingerprint density at radius 3 is 2.36 bits per heavy atom. The molecule has 0 aromatic heterocycles. The zero-order valence-corrected chi connectivity index (χ0v) is 16.3. The van der Waals surface area contributed by atoms with Gasteiger partial charge in [0.2, 0.25) is 0 Å². The molecule has 0 saturated carbocycles. The molecule has 3 rings (SSSR count). The van der Waals surface area contributed by atoms with Gasteiger partial charge in [-0.1, -0.05) is 12.1 Å². The SMILES string of the molecule is COc1ccc(CN2NC(CC(=O)O)(OC)c3c(OC)cccc32)cc1OC. The third kappa shape index (κ3) is 3.44. The molecule has 1 unspecified atom stereocenters. The second kappa shape index (κ2) is 7.95. The summed E-state index contributed by atoms with van der Waals surface area (Å²) in [4.78, 5) is 11.5. The van der Waals surface area contributed by atoms with E-state index in [-0.39, 0.29) is 6.42 Å². The van der Waals surface area contributed by atoms with E-state index in [1.807, 2.05) is 35.3 Å². The maximum atomic E-state index is 11.5. The monoisotopic (exact) mass is 388 g/mol. The average Bonchev–Trinajstić information content (AvgIpc) is 3.01. The number of nitrogens with one attached hydrogen (secondary N) is 1. The number of ether oxygens (including phenoxy) is 4. The molecule has 0 radical (unpaired) electrons. The van der Waals surface area contributed by atoms with Crippen LogP contribution in [0.4, 0.5) is 5.69 Å². The third-order valence-corrected chi connectivity index (χ3v) is 4.77. The molecule has 2 aromatic carbocycles. The lowest BCUT2D eigenvalue weighted by atomic mass is 9.98. The zero-order chi connectivity index (χ0) is 20.3. The van der Waals surface area contributed by atoms with Gasteiger partial charge >= 0.3 is 5.97 Å². The number of carboxylic acid groups (broad SMARTS) is 1. The summed E-state index contributed by atoms with van der Waals surface area (Å²) in [5, 5.41) is 11.3. The summed E-state index contributed by atoms with van der Waals surface area (Å²) >= 11 is 0. The molecule has 0 saturated heterocycles. The molecule has 1 heterocycles. The van der Waals surface area contributed by atoms with E-state index in [4.69, 9.17) is 18.9 Å². The van der Waals surface area contributed by atoms with Crippen molar-refractivity contribution in [3.05, 3.63) is 47.5 Å². The predicted octanol–water partition coefficient (Wildman–Crippen LogP) is 2.51. The van der Waals surface area contributed by atoms with E-state index in [1.165, 1.54) is 7.11 Å². The van der Waals surface area contributed by atoms with Crippen LogP contribution in [-0.4, -0.2) is 39.5 Å². The van der Waals surface area contributed by atoms with Crippen LogP contribution in [0.25, 0.3) is 0 Å². The largest absolute Gasteiger partial charge is 0.496 e. The minimum absolute atomic E-state index is 0.265. The Morgan fingerprint density at radius 1 is 1.04 bits per heavy atom. The third-order valence-electron chi connectivity index (χ3n) is 4.77. The molecule has 2 aromatic rings. The van der Waals surface area contributed by atoms with Crippen LogP contribution in [0.3, 0.4) is 0 Å². The van der Waals surface area contributed by atoms with Gasteiger partial charge in [-0.2, -0.15) is 5.43 Å². The van der Waals surface area contributed by atoms with Gasteiger partial charge in [0.05, 0.1) is 45.5 Å². The van der Waals surface area contributed by atoms with Crippen LogP contribution in [-0.2, 0) is 21.8 Å². The molecule has 8 nitrogen and oxygen atoms in total. The van der Waals surface area contributed by atoms with E-state index in [0.717, 1.165) is 11.3 Å². The van der Waals surface area contributed by atoms with Gasteiger partial charge < -0.3 is 29.1 Å². The maximum absolute atomic E-state index is 11.5. The van der Waals surface area contributed by atoms with Crippen molar-refractivity contribution in [3.8, 4) is 17.2 Å². The first-order valence-corrected chi connectivity index (χ1v) is 8.68. The number of carbonyl (C=O) groups is 1. The summed E-state index contributed by atoms with van der Waals surface area (Å²) in [6, 6.07) is 11.2. The van der Waals surface area contributed by atoms with Crippen LogP contribution in [0, 0.1) is 0 Å². The number of carboxylic acids is 1. The lowest BCUT2D eigenvalue weighted by molar-refractivity contribution is -0.146. The molecule has 0 spiro atoms. The molecular formula is C20H24N2O6. The van der Waals surface area contributed by atoms with Crippen molar-refractivity contribution in [2.45, 2.75) is 18.7 Å². The Hall–Kier alpha value is -2.97. The fourth-order valence-electron chi connectivity index (χ4n) is 3.50. The van der Waals surface area contributed by atoms with Gasteiger partial charge in [-0.25, -0.2) is 0 Å². The first-order valence-electron chi connectivity index (χ1n) is 8.68. The Kier molecular flexibility index (Phi) is 5.62. The Morgan fingerprint density at radius 2 is 1.75 bits per heavy atom. The minimum Gasteiger partial charge on any atom is -0.496 e. The number of fused-ring (bicyclic) bond motifs is 1. The molecule has 2 N–H and O–H groups in total. The highest BCUT2D eigenvalue weighted by Gasteiger charge is 2.47. The van der Waals surface area contributed by atoms with Gasteiger partial charge in [-0.3, -0.25) is 4.79 Å². The normalized spacial score (nSPS) is 17.9. The van der Waals surface area contributed by atoms with Crippen molar-refractivity contribution < 1.29 is 28.8 Å². The second-order valence-electron chi connectivity index (χ2n) is 6.34. The predicted molar refractivity (Wildman–Crippen MR) is 103 cm³/mol. The highest BCUT2D eigenvalue weighted by atomic mass is 16.5. The van der Waals surface area contributed by atoms with Crippen molar-refractivity contribution in [2.24, 2.45) is 0 Å². The molecule has 1 aliphatic rings. The molecule has 0 bridgehead atoms. The molecule has 8 heteroatoms. The standard InChI is InChI=1S/C20H24N2O6/c1-25-15-9-8-13(10-17(15)27-3)12-22-14-6-5-7-16(26-2)19(14)20(21-22,28-4)11-18(23)24/h5-10,21H,11-12H2,1-4H3,(H,23,24). The number of rotatable bonds is 8. The van der Waals surface area contributed by atoms with Gasteiger partial charge in [-0.05, 0) is 29.8 Å². The summed E-state index contributed by atoms with van der Waals surface area (Å²) in [6.45, 7) is 0.450. The quantitative estimate of drug-likeness (QED) is 0.713. The minimum atomic E-state index is -1.23. The maximum Gasteiger partial charge on any atom is 0.308 e. The molecule has 1 atom stereocenters.